The number of carbonyl (C=O) groups is 1. The molecule has 17 heavy (non-hydrogen) atoms. The molecular formula is C14H17NO2. The molecule has 1 aromatic carbocycles. The maximum Gasteiger partial charge on any atom is 0.261 e. The molecule has 3 heteroatoms. The van der Waals surface area contributed by atoms with Crippen molar-refractivity contribution in [1.29, 1.82) is 0 Å². The summed E-state index contributed by atoms with van der Waals surface area (Å²) in [5.74, 6) is 0.638. The first-order chi connectivity index (χ1) is 7.97. The molecule has 0 spiro atoms. The number of hydrogen-bond donors (Lipinski definition) is 0. The van der Waals surface area contributed by atoms with Crippen LogP contribution in [0, 0.1) is 0 Å². The van der Waals surface area contributed by atoms with Gasteiger partial charge in [0.1, 0.15) is 5.75 Å². The van der Waals surface area contributed by atoms with Gasteiger partial charge in [0.25, 0.3) is 5.91 Å². The highest BCUT2D eigenvalue weighted by Crippen LogP contribution is 2.34. The van der Waals surface area contributed by atoms with Crippen molar-refractivity contribution >= 4 is 5.91 Å². The second-order valence-electron chi connectivity index (χ2n) is 4.70. The largest absolute Gasteiger partial charge is 0.468 e. The molecule has 0 aliphatic carbocycles. The minimum absolute atomic E-state index is 0.00995. The van der Waals surface area contributed by atoms with E-state index in [0.29, 0.717) is 11.3 Å². The van der Waals surface area contributed by atoms with Crippen molar-refractivity contribution in [3.8, 4) is 5.75 Å². The number of fused-ring (bicyclic) bond motifs is 1. The van der Waals surface area contributed by atoms with E-state index in [1.54, 1.807) is 17.0 Å². The first-order valence-corrected chi connectivity index (χ1v) is 5.71. The molecule has 0 saturated carbocycles. The number of benzene rings is 1. The number of ether oxygens (including phenoxy) is 1. The minimum Gasteiger partial charge on any atom is -0.468 e. The Balaban J connectivity index is 2.51. The van der Waals surface area contributed by atoms with Gasteiger partial charge in [0.05, 0.1) is 11.6 Å². The van der Waals surface area contributed by atoms with Gasteiger partial charge < -0.3 is 4.74 Å². The van der Waals surface area contributed by atoms with Gasteiger partial charge in [-0.3, -0.25) is 9.69 Å². The van der Waals surface area contributed by atoms with Crippen LogP contribution in [0.4, 0.5) is 0 Å². The number of carbonyl (C=O) groups excluding carboxylic acids is 1. The van der Waals surface area contributed by atoms with Crippen molar-refractivity contribution in [2.24, 2.45) is 0 Å². The third-order valence-corrected chi connectivity index (χ3v) is 3.02. The maximum atomic E-state index is 12.4. The summed E-state index contributed by atoms with van der Waals surface area (Å²) < 4.78 is 5.88. The van der Waals surface area contributed by atoms with E-state index in [4.69, 9.17) is 4.74 Å². The van der Waals surface area contributed by atoms with Gasteiger partial charge in [-0.05, 0) is 32.9 Å². The second-order valence-corrected chi connectivity index (χ2v) is 4.70. The van der Waals surface area contributed by atoms with Crippen molar-refractivity contribution < 1.29 is 9.53 Å². The Labute approximate surface area is 102 Å². The molecule has 0 fully saturated rings. The molecule has 0 saturated heterocycles. The Morgan fingerprint density at radius 1 is 1.41 bits per heavy atom. The van der Waals surface area contributed by atoms with Crippen molar-refractivity contribution in [2.75, 3.05) is 0 Å². The zero-order valence-electron chi connectivity index (χ0n) is 10.4. The van der Waals surface area contributed by atoms with Gasteiger partial charge in [0.2, 0.25) is 0 Å². The van der Waals surface area contributed by atoms with Gasteiger partial charge in [-0.2, -0.15) is 0 Å². The van der Waals surface area contributed by atoms with E-state index in [1.165, 1.54) is 0 Å². The first kappa shape index (κ1) is 11.7. The van der Waals surface area contributed by atoms with Gasteiger partial charge in [-0.25, -0.2) is 0 Å². The average Bonchev–Trinajstić information content (AvgIpc) is 2.27. The number of amides is 1. The summed E-state index contributed by atoms with van der Waals surface area (Å²) in [4.78, 5) is 14.1. The molecule has 1 unspecified atom stereocenters. The van der Waals surface area contributed by atoms with E-state index in [-0.39, 0.29) is 11.9 Å². The number of hydrogen-bond acceptors (Lipinski definition) is 2. The lowest BCUT2D eigenvalue weighted by molar-refractivity contribution is -0.0583. The molecule has 2 rings (SSSR count). The molecule has 90 valence electrons. The summed E-state index contributed by atoms with van der Waals surface area (Å²) in [6.45, 7) is 9.46. The molecule has 1 heterocycles. The van der Waals surface area contributed by atoms with E-state index in [9.17, 15) is 4.79 Å². The van der Waals surface area contributed by atoms with E-state index in [0.717, 1.165) is 0 Å². The Hall–Kier alpha value is -1.77. The highest BCUT2D eigenvalue weighted by atomic mass is 16.5. The van der Waals surface area contributed by atoms with Crippen LogP contribution in [-0.2, 0) is 0 Å². The highest BCUT2D eigenvalue weighted by molar-refractivity contribution is 5.98. The Bertz CT molecular complexity index is 465. The molecule has 0 radical (unpaired) electrons. The molecule has 3 nitrogen and oxygen atoms in total. The van der Waals surface area contributed by atoms with E-state index in [1.807, 2.05) is 39.0 Å². The standard InChI is InChI=1S/C14H17NO2/c1-5-10(2)15-13(16)11-8-6-7-9-12(11)17-14(15,3)4/h5-10H,1H2,2-4H3. The van der Waals surface area contributed by atoms with Crippen molar-refractivity contribution in [3.05, 3.63) is 42.5 Å². The molecule has 0 aromatic heterocycles. The first-order valence-electron chi connectivity index (χ1n) is 5.71. The zero-order valence-corrected chi connectivity index (χ0v) is 10.4. The SMILES string of the molecule is C=CC(C)N1C(=O)c2ccccc2OC1(C)C. The fourth-order valence-corrected chi connectivity index (χ4v) is 2.21. The topological polar surface area (TPSA) is 29.5 Å². The summed E-state index contributed by atoms with van der Waals surface area (Å²) in [6.07, 6.45) is 1.75. The van der Waals surface area contributed by atoms with Gasteiger partial charge >= 0.3 is 0 Å². The summed E-state index contributed by atoms with van der Waals surface area (Å²) in [6, 6.07) is 7.26. The van der Waals surface area contributed by atoms with Crippen LogP contribution in [-0.4, -0.2) is 22.6 Å². The van der Waals surface area contributed by atoms with Crippen LogP contribution >= 0.6 is 0 Å². The van der Waals surface area contributed by atoms with E-state index < -0.39 is 5.72 Å². The third-order valence-electron chi connectivity index (χ3n) is 3.02. The molecule has 1 aromatic rings. The monoisotopic (exact) mass is 231 g/mol. The van der Waals surface area contributed by atoms with Crippen LogP contribution in [0.2, 0.25) is 0 Å². The predicted octanol–water partition coefficient (Wildman–Crippen LogP) is 2.83. The van der Waals surface area contributed by atoms with Crippen LogP contribution in [0.3, 0.4) is 0 Å². The van der Waals surface area contributed by atoms with Gasteiger partial charge in [-0.1, -0.05) is 18.2 Å². The van der Waals surface area contributed by atoms with Crippen LogP contribution in [0.1, 0.15) is 31.1 Å². The van der Waals surface area contributed by atoms with Gasteiger partial charge in [0, 0.05) is 0 Å². The number of nitrogens with zero attached hydrogens (tertiary/aromatic N) is 1. The summed E-state index contributed by atoms with van der Waals surface area (Å²) in [5, 5.41) is 0. The Morgan fingerprint density at radius 2 is 2.06 bits per heavy atom. The Kier molecular flexibility index (Phi) is 2.69. The van der Waals surface area contributed by atoms with Crippen LogP contribution in [0.5, 0.6) is 5.75 Å². The summed E-state index contributed by atoms with van der Waals surface area (Å²) in [5.41, 5.74) is -0.0421. The van der Waals surface area contributed by atoms with Crippen molar-refractivity contribution in [3.63, 3.8) is 0 Å². The van der Waals surface area contributed by atoms with Crippen molar-refractivity contribution in [1.82, 2.24) is 4.90 Å². The van der Waals surface area contributed by atoms with Crippen LogP contribution in [0.25, 0.3) is 0 Å². The fraction of sp³-hybridized carbons (Fsp3) is 0.357. The zero-order chi connectivity index (χ0) is 12.6. The molecular weight excluding hydrogens is 214 g/mol. The molecule has 1 amide bonds. The third kappa shape index (κ3) is 1.82. The van der Waals surface area contributed by atoms with Crippen LogP contribution < -0.4 is 4.74 Å². The summed E-state index contributed by atoms with van der Waals surface area (Å²) >= 11 is 0. The lowest BCUT2D eigenvalue weighted by atomic mass is 10.0. The maximum absolute atomic E-state index is 12.4. The summed E-state index contributed by atoms with van der Waals surface area (Å²) in [7, 11) is 0. The molecule has 1 atom stereocenters. The van der Waals surface area contributed by atoms with E-state index in [2.05, 4.69) is 6.58 Å². The van der Waals surface area contributed by atoms with Crippen molar-refractivity contribution in [2.45, 2.75) is 32.5 Å². The lowest BCUT2D eigenvalue weighted by Gasteiger charge is -2.45. The Morgan fingerprint density at radius 3 is 2.71 bits per heavy atom. The number of rotatable bonds is 2. The van der Waals surface area contributed by atoms with E-state index >= 15 is 0 Å². The lowest BCUT2D eigenvalue weighted by Crippen LogP contribution is -2.57. The molecule has 1 aliphatic rings. The minimum atomic E-state index is -0.654. The average molecular weight is 231 g/mol. The second kappa shape index (κ2) is 3.91. The fourth-order valence-electron chi connectivity index (χ4n) is 2.21. The number of para-hydroxylation sites is 1. The smallest absolute Gasteiger partial charge is 0.261 e. The molecule has 1 aliphatic heterocycles. The molecule has 0 N–H and O–H groups in total. The van der Waals surface area contributed by atoms with Gasteiger partial charge in [0.15, 0.2) is 5.72 Å². The van der Waals surface area contributed by atoms with Crippen LogP contribution in [0.15, 0.2) is 36.9 Å². The normalized spacial score (nSPS) is 19.2. The van der Waals surface area contributed by atoms with Gasteiger partial charge in [-0.15, -0.1) is 6.58 Å². The quantitative estimate of drug-likeness (QED) is 0.732. The molecule has 0 bridgehead atoms. The predicted molar refractivity (Wildman–Crippen MR) is 67.0 cm³/mol. The highest BCUT2D eigenvalue weighted by Gasteiger charge is 2.41.